The van der Waals surface area contributed by atoms with Crippen molar-refractivity contribution in [3.63, 3.8) is 0 Å². The van der Waals surface area contributed by atoms with Crippen LogP contribution in [-0.2, 0) is 15.7 Å². The number of unbranched alkanes of at least 4 members (excludes halogenated alkanes) is 1. The second-order valence-corrected chi connectivity index (χ2v) is 4.55. The van der Waals surface area contributed by atoms with E-state index in [1.807, 2.05) is 6.92 Å². The number of carbonyl (C=O) groups excluding carboxylic acids is 1. The van der Waals surface area contributed by atoms with E-state index in [-0.39, 0.29) is 5.69 Å². The zero-order valence-corrected chi connectivity index (χ0v) is 11.8. The van der Waals surface area contributed by atoms with Gasteiger partial charge in [0.15, 0.2) is 0 Å². The second kappa shape index (κ2) is 7.28. The summed E-state index contributed by atoms with van der Waals surface area (Å²) in [6.07, 6.45) is -2.78. The zero-order valence-electron chi connectivity index (χ0n) is 11.8. The van der Waals surface area contributed by atoms with Crippen LogP contribution in [0.3, 0.4) is 0 Å². The smallest absolute Gasteiger partial charge is 0.416 e. The topological polar surface area (TPSA) is 38.3 Å². The van der Waals surface area contributed by atoms with Gasteiger partial charge in [0, 0.05) is 0 Å². The van der Waals surface area contributed by atoms with Gasteiger partial charge >= 0.3 is 12.1 Å². The number of anilines is 1. The van der Waals surface area contributed by atoms with Crippen molar-refractivity contribution in [2.24, 2.45) is 0 Å². The maximum absolute atomic E-state index is 13.6. The van der Waals surface area contributed by atoms with Crippen LogP contribution in [0.5, 0.6) is 0 Å². The Morgan fingerprint density at radius 2 is 2.05 bits per heavy atom. The molecule has 0 aliphatic rings. The molecule has 0 aliphatic carbocycles. The monoisotopic (exact) mass is 307 g/mol. The molecular formula is C14H17F4NO2. The number of esters is 1. The number of alkyl halides is 3. The lowest BCUT2D eigenvalue weighted by molar-refractivity contribution is -0.141. The molecule has 0 aromatic heterocycles. The summed E-state index contributed by atoms with van der Waals surface area (Å²) in [5, 5.41) is 2.50. The number of halogens is 4. The molecule has 1 unspecified atom stereocenters. The third kappa shape index (κ3) is 4.91. The molecule has 7 heteroatoms. The van der Waals surface area contributed by atoms with Gasteiger partial charge in [-0.15, -0.1) is 0 Å². The molecule has 1 aromatic rings. The van der Waals surface area contributed by atoms with Crippen molar-refractivity contribution in [1.29, 1.82) is 0 Å². The molecule has 0 spiro atoms. The third-order valence-corrected chi connectivity index (χ3v) is 2.96. The summed E-state index contributed by atoms with van der Waals surface area (Å²) in [5.74, 6) is -1.49. The highest BCUT2D eigenvalue weighted by Crippen LogP contribution is 2.32. The summed E-state index contributed by atoms with van der Waals surface area (Å²) in [6, 6.07) is 1.14. The van der Waals surface area contributed by atoms with E-state index in [4.69, 9.17) is 0 Å². The molecule has 3 nitrogen and oxygen atoms in total. The fourth-order valence-electron chi connectivity index (χ4n) is 1.80. The molecule has 118 valence electrons. The number of nitrogens with one attached hydrogen (secondary N) is 1. The van der Waals surface area contributed by atoms with Crippen LogP contribution >= 0.6 is 0 Å². The van der Waals surface area contributed by atoms with E-state index < -0.39 is 29.6 Å². The Kier molecular flexibility index (Phi) is 5.99. The van der Waals surface area contributed by atoms with Crippen LogP contribution in [0.2, 0.25) is 0 Å². The minimum Gasteiger partial charge on any atom is -0.467 e. The van der Waals surface area contributed by atoms with Crippen molar-refractivity contribution in [1.82, 2.24) is 0 Å². The quantitative estimate of drug-likeness (QED) is 0.638. The van der Waals surface area contributed by atoms with Crippen molar-refractivity contribution in [2.75, 3.05) is 12.4 Å². The van der Waals surface area contributed by atoms with Gasteiger partial charge in [-0.05, 0) is 24.6 Å². The van der Waals surface area contributed by atoms with E-state index in [1.54, 1.807) is 0 Å². The van der Waals surface area contributed by atoms with Crippen LogP contribution in [-0.4, -0.2) is 19.1 Å². The van der Waals surface area contributed by atoms with Crippen LogP contribution in [0.15, 0.2) is 18.2 Å². The predicted octanol–water partition coefficient (Wildman–Crippen LogP) is 3.99. The van der Waals surface area contributed by atoms with Crippen molar-refractivity contribution in [3.8, 4) is 0 Å². The molecule has 1 N–H and O–H groups in total. The number of methoxy groups -OCH3 is 1. The summed E-state index contributed by atoms with van der Waals surface area (Å²) >= 11 is 0. The Hall–Kier alpha value is -1.79. The fourth-order valence-corrected chi connectivity index (χ4v) is 1.80. The summed E-state index contributed by atoms with van der Waals surface area (Å²) in [4.78, 5) is 11.6. The first-order chi connectivity index (χ1) is 9.79. The van der Waals surface area contributed by atoms with Crippen molar-refractivity contribution < 1.29 is 27.1 Å². The number of benzene rings is 1. The number of rotatable bonds is 6. The summed E-state index contributed by atoms with van der Waals surface area (Å²) in [7, 11) is 1.17. The lowest BCUT2D eigenvalue weighted by atomic mass is 10.1. The van der Waals surface area contributed by atoms with Crippen LogP contribution in [0.4, 0.5) is 23.2 Å². The SMILES string of the molecule is CCCCC(Nc1cc(C(F)(F)F)ccc1F)C(=O)OC. The standard InChI is InChI=1S/C14H17F4NO2/c1-3-4-5-11(13(20)21-2)19-12-8-9(14(16,17)18)6-7-10(12)15/h6-8,11,19H,3-5H2,1-2H3. The molecule has 0 saturated heterocycles. The first-order valence-electron chi connectivity index (χ1n) is 6.50. The van der Waals surface area contributed by atoms with E-state index in [1.165, 1.54) is 7.11 Å². The highest BCUT2D eigenvalue weighted by molar-refractivity contribution is 5.79. The Bertz CT molecular complexity index is 488. The first-order valence-corrected chi connectivity index (χ1v) is 6.50. The van der Waals surface area contributed by atoms with Gasteiger partial charge in [-0.2, -0.15) is 13.2 Å². The molecule has 0 aliphatic heterocycles. The zero-order chi connectivity index (χ0) is 16.0. The molecular weight excluding hydrogens is 290 g/mol. The van der Waals surface area contributed by atoms with E-state index in [0.717, 1.165) is 12.5 Å². The Morgan fingerprint density at radius 1 is 1.38 bits per heavy atom. The number of carbonyl (C=O) groups is 1. The Morgan fingerprint density at radius 3 is 2.57 bits per heavy atom. The summed E-state index contributed by atoms with van der Waals surface area (Å²) < 4.78 is 56.1. The molecule has 21 heavy (non-hydrogen) atoms. The van der Waals surface area contributed by atoms with Crippen molar-refractivity contribution in [3.05, 3.63) is 29.6 Å². The first kappa shape index (κ1) is 17.3. The van der Waals surface area contributed by atoms with E-state index in [0.29, 0.717) is 25.0 Å². The molecule has 0 fully saturated rings. The van der Waals surface area contributed by atoms with Gasteiger partial charge in [-0.3, -0.25) is 0 Å². The maximum atomic E-state index is 13.6. The van der Waals surface area contributed by atoms with Gasteiger partial charge in [-0.25, -0.2) is 9.18 Å². The Labute approximate surface area is 120 Å². The van der Waals surface area contributed by atoms with Gasteiger partial charge in [0.25, 0.3) is 0 Å². The summed E-state index contributed by atoms with van der Waals surface area (Å²) in [6.45, 7) is 1.90. The second-order valence-electron chi connectivity index (χ2n) is 4.55. The normalized spacial score (nSPS) is 12.9. The molecule has 0 saturated carbocycles. The van der Waals surface area contributed by atoms with Gasteiger partial charge in [0.05, 0.1) is 18.4 Å². The van der Waals surface area contributed by atoms with Gasteiger partial charge in [0.1, 0.15) is 11.9 Å². The molecule has 1 atom stereocenters. The largest absolute Gasteiger partial charge is 0.467 e. The van der Waals surface area contributed by atoms with E-state index in [9.17, 15) is 22.4 Å². The summed E-state index contributed by atoms with van der Waals surface area (Å²) in [5.41, 5.74) is -1.35. The lowest BCUT2D eigenvalue weighted by Gasteiger charge is -2.18. The van der Waals surface area contributed by atoms with E-state index >= 15 is 0 Å². The Balaban J connectivity index is 2.99. The highest BCUT2D eigenvalue weighted by atomic mass is 19.4. The van der Waals surface area contributed by atoms with Crippen LogP contribution < -0.4 is 5.32 Å². The third-order valence-electron chi connectivity index (χ3n) is 2.96. The average Bonchev–Trinajstić information content (AvgIpc) is 2.43. The van der Waals surface area contributed by atoms with Gasteiger partial charge in [-0.1, -0.05) is 19.8 Å². The van der Waals surface area contributed by atoms with E-state index in [2.05, 4.69) is 10.1 Å². The van der Waals surface area contributed by atoms with Gasteiger partial charge < -0.3 is 10.1 Å². The van der Waals surface area contributed by atoms with Crippen LogP contribution in [0.1, 0.15) is 31.7 Å². The lowest BCUT2D eigenvalue weighted by Crippen LogP contribution is -2.31. The maximum Gasteiger partial charge on any atom is 0.416 e. The van der Waals surface area contributed by atoms with Gasteiger partial charge in [0.2, 0.25) is 0 Å². The minimum atomic E-state index is -4.58. The van der Waals surface area contributed by atoms with Crippen LogP contribution in [0.25, 0.3) is 0 Å². The molecule has 1 aromatic carbocycles. The number of hydrogen-bond acceptors (Lipinski definition) is 3. The molecule has 0 heterocycles. The molecule has 0 bridgehead atoms. The average molecular weight is 307 g/mol. The molecule has 0 amide bonds. The number of hydrogen-bond donors (Lipinski definition) is 1. The molecule has 0 radical (unpaired) electrons. The number of ether oxygens (including phenoxy) is 1. The fraction of sp³-hybridized carbons (Fsp3) is 0.500. The molecule has 1 rings (SSSR count). The predicted molar refractivity (Wildman–Crippen MR) is 70.4 cm³/mol. The highest BCUT2D eigenvalue weighted by Gasteiger charge is 2.31. The van der Waals surface area contributed by atoms with Crippen LogP contribution in [0, 0.1) is 5.82 Å². The van der Waals surface area contributed by atoms with Crippen molar-refractivity contribution >= 4 is 11.7 Å². The minimum absolute atomic E-state index is 0.346. The van der Waals surface area contributed by atoms with Crippen molar-refractivity contribution in [2.45, 2.75) is 38.4 Å².